The second kappa shape index (κ2) is 7.68. The zero-order chi connectivity index (χ0) is 18.7. The fourth-order valence-corrected chi connectivity index (χ4v) is 3.36. The van der Waals surface area contributed by atoms with Gasteiger partial charge in [-0.3, -0.25) is 4.79 Å². The quantitative estimate of drug-likeness (QED) is 0.826. The third-order valence-corrected chi connectivity index (χ3v) is 4.71. The van der Waals surface area contributed by atoms with Crippen molar-refractivity contribution in [2.24, 2.45) is 0 Å². The first kappa shape index (κ1) is 18.1. The molecule has 0 aromatic heterocycles. The lowest BCUT2D eigenvalue weighted by atomic mass is 10.1. The predicted octanol–water partition coefficient (Wildman–Crippen LogP) is 3.36. The van der Waals surface area contributed by atoms with Crippen LogP contribution in [0.2, 0.25) is 0 Å². The minimum absolute atomic E-state index is 0.0592. The third-order valence-electron chi connectivity index (χ3n) is 4.71. The highest BCUT2D eigenvalue weighted by molar-refractivity contribution is 5.97. The standard InChI is InChI=1S/C21H26N2O3/c1-5-23-14-16(26-20-9-7-6-8-18(20)23)13-22(3)21(24)17-12-15(2)10-11-19(17)25-4/h6-12,16H,5,13-14H2,1-4H3/t16-/m0/s1. The largest absolute Gasteiger partial charge is 0.496 e. The molecule has 0 unspecified atom stereocenters. The van der Waals surface area contributed by atoms with Gasteiger partial charge in [0, 0.05) is 13.6 Å². The molecule has 0 aliphatic carbocycles. The van der Waals surface area contributed by atoms with Crippen LogP contribution in [0.15, 0.2) is 42.5 Å². The number of amides is 1. The Hall–Kier alpha value is -2.69. The molecule has 0 N–H and O–H groups in total. The van der Waals surface area contributed by atoms with Crippen molar-refractivity contribution in [2.45, 2.75) is 20.0 Å². The lowest BCUT2D eigenvalue weighted by Crippen LogP contribution is -2.46. The van der Waals surface area contributed by atoms with Gasteiger partial charge >= 0.3 is 0 Å². The molecule has 2 aromatic rings. The molecular weight excluding hydrogens is 328 g/mol. The number of ether oxygens (including phenoxy) is 2. The molecule has 1 aliphatic heterocycles. The molecule has 0 spiro atoms. The monoisotopic (exact) mass is 354 g/mol. The van der Waals surface area contributed by atoms with Crippen LogP contribution in [0.25, 0.3) is 0 Å². The van der Waals surface area contributed by atoms with Crippen LogP contribution >= 0.6 is 0 Å². The second-order valence-corrected chi connectivity index (χ2v) is 6.64. The van der Waals surface area contributed by atoms with Crippen molar-refractivity contribution in [3.8, 4) is 11.5 Å². The molecule has 138 valence electrons. The Morgan fingerprint density at radius 1 is 1.31 bits per heavy atom. The summed E-state index contributed by atoms with van der Waals surface area (Å²) in [5.74, 6) is 1.41. The van der Waals surface area contributed by atoms with E-state index >= 15 is 0 Å². The Bertz CT molecular complexity index is 791. The summed E-state index contributed by atoms with van der Waals surface area (Å²) < 4.78 is 11.5. The molecule has 3 rings (SSSR count). The average molecular weight is 354 g/mol. The number of benzene rings is 2. The molecule has 1 heterocycles. The third kappa shape index (κ3) is 3.62. The number of aryl methyl sites for hydroxylation is 1. The number of likely N-dealkylation sites (N-methyl/N-ethyl adjacent to an activating group) is 2. The predicted molar refractivity (Wildman–Crippen MR) is 103 cm³/mol. The van der Waals surface area contributed by atoms with E-state index in [0.29, 0.717) is 17.9 Å². The fourth-order valence-electron chi connectivity index (χ4n) is 3.36. The Morgan fingerprint density at radius 2 is 2.08 bits per heavy atom. The number of para-hydroxylation sites is 2. The summed E-state index contributed by atoms with van der Waals surface area (Å²) in [6, 6.07) is 13.7. The maximum Gasteiger partial charge on any atom is 0.257 e. The molecule has 1 atom stereocenters. The van der Waals surface area contributed by atoms with Gasteiger partial charge in [-0.2, -0.15) is 0 Å². The zero-order valence-corrected chi connectivity index (χ0v) is 15.9. The topological polar surface area (TPSA) is 42.0 Å². The van der Waals surface area contributed by atoms with Gasteiger partial charge in [0.1, 0.15) is 17.6 Å². The lowest BCUT2D eigenvalue weighted by Gasteiger charge is -2.37. The maximum absolute atomic E-state index is 12.9. The molecule has 0 saturated heterocycles. The number of fused-ring (bicyclic) bond motifs is 1. The van der Waals surface area contributed by atoms with E-state index in [-0.39, 0.29) is 12.0 Å². The van der Waals surface area contributed by atoms with Gasteiger partial charge < -0.3 is 19.3 Å². The first-order valence-electron chi connectivity index (χ1n) is 8.94. The number of carbonyl (C=O) groups is 1. The van der Waals surface area contributed by atoms with Gasteiger partial charge in [0.05, 0.1) is 31.5 Å². The normalized spacial score (nSPS) is 15.8. The average Bonchev–Trinajstić information content (AvgIpc) is 2.66. The minimum Gasteiger partial charge on any atom is -0.496 e. The second-order valence-electron chi connectivity index (χ2n) is 6.64. The highest BCUT2D eigenvalue weighted by Crippen LogP contribution is 2.33. The van der Waals surface area contributed by atoms with Crippen LogP contribution < -0.4 is 14.4 Å². The molecule has 0 radical (unpaired) electrons. The molecule has 0 bridgehead atoms. The van der Waals surface area contributed by atoms with Crippen molar-refractivity contribution in [1.82, 2.24) is 4.90 Å². The number of methoxy groups -OCH3 is 1. The Kier molecular flexibility index (Phi) is 5.35. The van der Waals surface area contributed by atoms with Gasteiger partial charge in [0.25, 0.3) is 5.91 Å². The maximum atomic E-state index is 12.9. The fraction of sp³-hybridized carbons (Fsp3) is 0.381. The summed E-state index contributed by atoms with van der Waals surface area (Å²) in [6.45, 7) is 6.28. The van der Waals surface area contributed by atoms with Gasteiger partial charge in [-0.1, -0.05) is 23.8 Å². The molecule has 1 amide bonds. The van der Waals surface area contributed by atoms with Crippen molar-refractivity contribution in [3.63, 3.8) is 0 Å². The summed E-state index contributed by atoms with van der Waals surface area (Å²) in [5.41, 5.74) is 2.72. The molecule has 5 heteroatoms. The van der Waals surface area contributed by atoms with E-state index in [1.807, 2.05) is 50.4 Å². The zero-order valence-electron chi connectivity index (χ0n) is 15.9. The van der Waals surface area contributed by atoms with Crippen molar-refractivity contribution in [1.29, 1.82) is 0 Å². The van der Waals surface area contributed by atoms with E-state index in [1.165, 1.54) is 0 Å². The van der Waals surface area contributed by atoms with Crippen LogP contribution in [0.4, 0.5) is 5.69 Å². The molecule has 5 nitrogen and oxygen atoms in total. The summed E-state index contributed by atoms with van der Waals surface area (Å²) in [5, 5.41) is 0. The van der Waals surface area contributed by atoms with Crippen molar-refractivity contribution >= 4 is 11.6 Å². The van der Waals surface area contributed by atoms with E-state index in [4.69, 9.17) is 9.47 Å². The van der Waals surface area contributed by atoms with E-state index in [2.05, 4.69) is 17.9 Å². The number of hydrogen-bond donors (Lipinski definition) is 0. The highest BCUT2D eigenvalue weighted by atomic mass is 16.5. The molecule has 2 aromatic carbocycles. The minimum atomic E-state index is -0.0744. The van der Waals surface area contributed by atoms with E-state index in [1.54, 1.807) is 12.0 Å². The number of anilines is 1. The van der Waals surface area contributed by atoms with Crippen LogP contribution in [-0.4, -0.2) is 50.7 Å². The Morgan fingerprint density at radius 3 is 2.81 bits per heavy atom. The van der Waals surface area contributed by atoms with Crippen molar-refractivity contribution < 1.29 is 14.3 Å². The van der Waals surface area contributed by atoms with Crippen LogP contribution in [0.1, 0.15) is 22.8 Å². The Balaban J connectivity index is 1.75. The first-order chi connectivity index (χ1) is 12.5. The van der Waals surface area contributed by atoms with Crippen LogP contribution in [0, 0.1) is 6.92 Å². The summed E-state index contributed by atoms with van der Waals surface area (Å²) in [4.78, 5) is 16.9. The van der Waals surface area contributed by atoms with Gasteiger partial charge in [-0.15, -0.1) is 0 Å². The van der Waals surface area contributed by atoms with E-state index < -0.39 is 0 Å². The number of rotatable bonds is 5. The lowest BCUT2D eigenvalue weighted by molar-refractivity contribution is 0.0706. The molecule has 0 fully saturated rings. The van der Waals surface area contributed by atoms with Gasteiger partial charge in [-0.05, 0) is 38.1 Å². The number of nitrogens with zero attached hydrogens (tertiary/aromatic N) is 2. The molecule has 26 heavy (non-hydrogen) atoms. The first-order valence-corrected chi connectivity index (χ1v) is 8.94. The van der Waals surface area contributed by atoms with E-state index in [0.717, 1.165) is 30.1 Å². The van der Waals surface area contributed by atoms with Crippen molar-refractivity contribution in [3.05, 3.63) is 53.6 Å². The summed E-state index contributed by atoms with van der Waals surface area (Å²) in [6.07, 6.45) is -0.0744. The van der Waals surface area contributed by atoms with Crippen molar-refractivity contribution in [2.75, 3.05) is 38.7 Å². The van der Waals surface area contributed by atoms with Crippen LogP contribution in [-0.2, 0) is 0 Å². The SMILES string of the molecule is CCN1C[C@H](CN(C)C(=O)c2cc(C)ccc2OC)Oc2ccccc21. The van der Waals surface area contributed by atoms with Gasteiger partial charge in [0.2, 0.25) is 0 Å². The summed E-state index contributed by atoms with van der Waals surface area (Å²) >= 11 is 0. The molecular formula is C21H26N2O3. The summed E-state index contributed by atoms with van der Waals surface area (Å²) in [7, 11) is 3.39. The Labute approximate surface area is 155 Å². The smallest absolute Gasteiger partial charge is 0.257 e. The highest BCUT2D eigenvalue weighted by Gasteiger charge is 2.27. The molecule has 0 saturated carbocycles. The van der Waals surface area contributed by atoms with Gasteiger partial charge in [0.15, 0.2) is 0 Å². The number of carbonyl (C=O) groups excluding carboxylic acids is 1. The number of hydrogen-bond acceptors (Lipinski definition) is 4. The molecule has 1 aliphatic rings. The van der Waals surface area contributed by atoms with Crippen LogP contribution in [0.5, 0.6) is 11.5 Å². The van der Waals surface area contributed by atoms with E-state index in [9.17, 15) is 4.79 Å². The van der Waals surface area contributed by atoms with Gasteiger partial charge in [-0.25, -0.2) is 0 Å². The van der Waals surface area contributed by atoms with Crippen LogP contribution in [0.3, 0.4) is 0 Å².